The van der Waals surface area contributed by atoms with Crippen LogP contribution in [0.5, 0.6) is 0 Å². The van der Waals surface area contributed by atoms with Gasteiger partial charge in [0.2, 0.25) is 15.9 Å². The molecule has 0 bridgehead atoms. The van der Waals surface area contributed by atoms with E-state index in [-0.39, 0.29) is 10.8 Å². The molecule has 3 aromatic carbocycles. The van der Waals surface area contributed by atoms with E-state index in [1.54, 1.807) is 24.3 Å². The Morgan fingerprint density at radius 2 is 1.50 bits per heavy atom. The van der Waals surface area contributed by atoms with E-state index in [0.29, 0.717) is 17.4 Å². The zero-order valence-electron chi connectivity index (χ0n) is 17.5. The van der Waals surface area contributed by atoms with E-state index in [1.165, 1.54) is 11.8 Å². The van der Waals surface area contributed by atoms with Gasteiger partial charge < -0.3 is 4.42 Å². The minimum Gasteiger partial charge on any atom is -0.414 e. The number of rotatable bonds is 9. The van der Waals surface area contributed by atoms with Crippen molar-refractivity contribution in [2.45, 2.75) is 35.3 Å². The third-order valence-corrected chi connectivity index (χ3v) is 7.21. The van der Waals surface area contributed by atoms with Crippen LogP contribution in [0.2, 0.25) is 0 Å². The van der Waals surface area contributed by atoms with Gasteiger partial charge in [-0.15, -0.1) is 10.2 Å². The fraction of sp³-hybridized carbons (Fsp3) is 0.167. The van der Waals surface area contributed by atoms with Gasteiger partial charge in [-0.25, -0.2) is 8.42 Å². The number of aryl methyl sites for hydroxylation is 1. The zero-order chi connectivity index (χ0) is 22.4. The lowest BCUT2D eigenvalue weighted by molar-refractivity contribution is 0.373. The monoisotopic (exact) mass is 465 g/mol. The lowest BCUT2D eigenvalue weighted by Crippen LogP contribution is -2.30. The summed E-state index contributed by atoms with van der Waals surface area (Å²) in [5.41, 5.74) is 3.08. The van der Waals surface area contributed by atoms with Crippen LogP contribution in [0.3, 0.4) is 0 Å². The molecule has 0 unspecified atom stereocenters. The van der Waals surface area contributed by atoms with E-state index in [2.05, 4.69) is 14.9 Å². The Labute approximate surface area is 192 Å². The fourth-order valence-electron chi connectivity index (χ4n) is 3.14. The minimum absolute atomic E-state index is 0.194. The molecule has 0 saturated carbocycles. The first kappa shape index (κ1) is 22.3. The number of nitrogens with zero attached hydrogens (tertiary/aromatic N) is 2. The van der Waals surface area contributed by atoms with E-state index in [4.69, 9.17) is 4.42 Å². The van der Waals surface area contributed by atoms with Gasteiger partial charge in [0.15, 0.2) is 0 Å². The highest BCUT2D eigenvalue weighted by molar-refractivity contribution is 7.98. The zero-order valence-corrected chi connectivity index (χ0v) is 19.1. The van der Waals surface area contributed by atoms with Crippen LogP contribution < -0.4 is 4.72 Å². The Kier molecular flexibility index (Phi) is 7.04. The van der Waals surface area contributed by atoms with Crippen molar-refractivity contribution in [1.29, 1.82) is 0 Å². The predicted molar refractivity (Wildman–Crippen MR) is 125 cm³/mol. The fourth-order valence-corrected chi connectivity index (χ4v) is 5.06. The average molecular weight is 466 g/mol. The SMILES string of the molecule is Cc1ccc(S(=O)(=O)N[C@@H](Cc2ccccc2)c2nnc(SCc3ccccc3)o2)cc1. The maximum Gasteiger partial charge on any atom is 0.276 e. The molecule has 0 fully saturated rings. The molecule has 0 aliphatic carbocycles. The van der Waals surface area contributed by atoms with E-state index < -0.39 is 16.1 Å². The molecule has 1 heterocycles. The average Bonchev–Trinajstić information content (AvgIpc) is 3.28. The van der Waals surface area contributed by atoms with Crippen LogP contribution in [0.4, 0.5) is 0 Å². The summed E-state index contributed by atoms with van der Waals surface area (Å²) >= 11 is 1.42. The Morgan fingerprint density at radius 3 is 2.16 bits per heavy atom. The Bertz CT molecular complexity index is 1240. The summed E-state index contributed by atoms with van der Waals surface area (Å²) in [6.45, 7) is 1.91. The summed E-state index contributed by atoms with van der Waals surface area (Å²) in [6.07, 6.45) is 0.386. The van der Waals surface area contributed by atoms with E-state index in [0.717, 1.165) is 16.7 Å². The lowest BCUT2D eigenvalue weighted by atomic mass is 10.1. The second-order valence-electron chi connectivity index (χ2n) is 7.36. The molecule has 8 heteroatoms. The van der Waals surface area contributed by atoms with Crippen LogP contribution in [-0.2, 0) is 22.2 Å². The Balaban J connectivity index is 1.55. The summed E-state index contributed by atoms with van der Waals surface area (Å²) in [4.78, 5) is 0.194. The first-order chi connectivity index (χ1) is 15.5. The molecule has 0 saturated heterocycles. The minimum atomic E-state index is -3.78. The molecular weight excluding hydrogens is 442 g/mol. The molecule has 6 nitrogen and oxygen atoms in total. The van der Waals surface area contributed by atoms with Crippen molar-refractivity contribution in [3.05, 3.63) is 108 Å². The summed E-state index contributed by atoms with van der Waals surface area (Å²) in [5, 5.41) is 8.67. The summed E-state index contributed by atoms with van der Waals surface area (Å²) in [5.74, 6) is 0.918. The standard InChI is InChI=1S/C24H23N3O3S2/c1-18-12-14-21(15-13-18)32(28,29)27-22(16-19-8-4-2-5-9-19)23-25-26-24(30-23)31-17-20-10-6-3-7-11-20/h2-15,22,27H,16-17H2,1H3/t22-/m0/s1. The Morgan fingerprint density at radius 1 is 0.875 bits per heavy atom. The van der Waals surface area contributed by atoms with Crippen molar-refractivity contribution in [3.63, 3.8) is 0 Å². The summed E-state index contributed by atoms with van der Waals surface area (Å²) in [7, 11) is -3.78. The highest BCUT2D eigenvalue weighted by atomic mass is 32.2. The van der Waals surface area contributed by atoms with Crippen LogP contribution in [-0.4, -0.2) is 18.6 Å². The second kappa shape index (κ2) is 10.1. The molecule has 4 rings (SSSR count). The first-order valence-corrected chi connectivity index (χ1v) is 12.6. The predicted octanol–water partition coefficient (Wildman–Crippen LogP) is 4.93. The van der Waals surface area contributed by atoms with E-state index >= 15 is 0 Å². The molecule has 4 aromatic rings. The molecule has 0 spiro atoms. The van der Waals surface area contributed by atoms with Crippen molar-refractivity contribution < 1.29 is 12.8 Å². The second-order valence-corrected chi connectivity index (χ2v) is 10.00. The van der Waals surface area contributed by atoms with Crippen LogP contribution in [0.15, 0.2) is 99.5 Å². The third kappa shape index (κ3) is 5.85. The van der Waals surface area contributed by atoms with Gasteiger partial charge in [0.05, 0.1) is 4.90 Å². The third-order valence-electron chi connectivity index (χ3n) is 4.84. The van der Waals surface area contributed by atoms with Crippen molar-refractivity contribution >= 4 is 21.8 Å². The molecular formula is C24H23N3O3S2. The van der Waals surface area contributed by atoms with Crippen LogP contribution in [0.1, 0.15) is 28.6 Å². The maximum atomic E-state index is 13.0. The van der Waals surface area contributed by atoms with E-state index in [9.17, 15) is 8.42 Å². The van der Waals surface area contributed by atoms with Gasteiger partial charge in [-0.2, -0.15) is 4.72 Å². The maximum absolute atomic E-state index is 13.0. The molecule has 1 N–H and O–H groups in total. The van der Waals surface area contributed by atoms with Gasteiger partial charge in [-0.3, -0.25) is 0 Å². The quantitative estimate of drug-likeness (QED) is 0.353. The van der Waals surface area contributed by atoms with Crippen molar-refractivity contribution in [1.82, 2.24) is 14.9 Å². The number of thioether (sulfide) groups is 1. The van der Waals surface area contributed by atoms with Crippen LogP contribution >= 0.6 is 11.8 Å². The highest BCUT2D eigenvalue weighted by Crippen LogP contribution is 2.26. The molecule has 164 valence electrons. The van der Waals surface area contributed by atoms with Gasteiger partial charge in [0, 0.05) is 5.75 Å². The number of hydrogen-bond acceptors (Lipinski definition) is 6. The Hall–Kier alpha value is -2.94. The number of aromatic nitrogens is 2. The van der Waals surface area contributed by atoms with Crippen molar-refractivity contribution in [3.8, 4) is 0 Å². The van der Waals surface area contributed by atoms with Gasteiger partial charge in [0.1, 0.15) is 6.04 Å². The molecule has 0 aliphatic rings. The van der Waals surface area contributed by atoms with Gasteiger partial charge in [-0.1, -0.05) is 90.1 Å². The number of benzene rings is 3. The normalized spacial score (nSPS) is 12.5. The van der Waals surface area contributed by atoms with Crippen molar-refractivity contribution in [2.24, 2.45) is 0 Å². The number of nitrogens with one attached hydrogen (secondary N) is 1. The molecule has 0 aliphatic heterocycles. The van der Waals surface area contributed by atoms with Gasteiger partial charge >= 0.3 is 0 Å². The smallest absolute Gasteiger partial charge is 0.276 e. The molecule has 1 atom stereocenters. The molecule has 0 amide bonds. The number of sulfonamides is 1. The largest absolute Gasteiger partial charge is 0.414 e. The van der Waals surface area contributed by atoms with Gasteiger partial charge in [-0.05, 0) is 36.6 Å². The number of hydrogen-bond donors (Lipinski definition) is 1. The molecule has 0 radical (unpaired) electrons. The van der Waals surface area contributed by atoms with Crippen LogP contribution in [0.25, 0.3) is 0 Å². The van der Waals surface area contributed by atoms with Crippen LogP contribution in [0, 0.1) is 6.92 Å². The molecule has 32 heavy (non-hydrogen) atoms. The molecule has 1 aromatic heterocycles. The van der Waals surface area contributed by atoms with E-state index in [1.807, 2.05) is 67.6 Å². The lowest BCUT2D eigenvalue weighted by Gasteiger charge is -2.16. The van der Waals surface area contributed by atoms with Gasteiger partial charge in [0.25, 0.3) is 5.22 Å². The first-order valence-electron chi connectivity index (χ1n) is 10.1. The van der Waals surface area contributed by atoms with Crippen molar-refractivity contribution in [2.75, 3.05) is 0 Å². The topological polar surface area (TPSA) is 85.1 Å². The highest BCUT2D eigenvalue weighted by Gasteiger charge is 2.26. The summed E-state index contributed by atoms with van der Waals surface area (Å²) < 4.78 is 34.7. The summed E-state index contributed by atoms with van der Waals surface area (Å²) in [6, 6.07) is 25.6.